The van der Waals surface area contributed by atoms with E-state index in [2.05, 4.69) is 4.99 Å². The van der Waals surface area contributed by atoms with Gasteiger partial charge in [0.2, 0.25) is 0 Å². The molecule has 0 amide bonds. The molecule has 3 aliphatic heterocycles. The van der Waals surface area contributed by atoms with Gasteiger partial charge in [-0.25, -0.2) is 0 Å². The molecule has 0 aliphatic carbocycles. The zero-order valence-electron chi connectivity index (χ0n) is 11.6. The molecule has 1 N–H and O–H groups in total. The molecule has 2 fully saturated rings. The molecule has 0 radical (unpaired) electrons. The van der Waals surface area contributed by atoms with E-state index in [-0.39, 0.29) is 36.4 Å². The standard InChI is InChI=1S/C12H20N2O4S/c1-12(2)17-8-6(5-15)16-10-7(9(8)18-12)13-11(19-10)14(3)4/h6-10,15H,5H2,1-4H3/t6-,7-,8-,9-,10-/m1/s1. The summed E-state index contributed by atoms with van der Waals surface area (Å²) < 4.78 is 17.7. The van der Waals surface area contributed by atoms with Crippen molar-refractivity contribution in [3.63, 3.8) is 0 Å². The van der Waals surface area contributed by atoms with Gasteiger partial charge in [0, 0.05) is 14.1 Å². The van der Waals surface area contributed by atoms with Gasteiger partial charge in [-0.15, -0.1) is 0 Å². The van der Waals surface area contributed by atoms with Crippen molar-refractivity contribution >= 4 is 16.9 Å². The van der Waals surface area contributed by atoms with E-state index in [0.717, 1.165) is 5.17 Å². The molecule has 19 heavy (non-hydrogen) atoms. The number of aliphatic hydroxyl groups excluding tert-OH is 1. The third-order valence-electron chi connectivity index (χ3n) is 3.50. The Morgan fingerprint density at radius 3 is 2.63 bits per heavy atom. The molecule has 5 atom stereocenters. The largest absolute Gasteiger partial charge is 0.394 e. The van der Waals surface area contributed by atoms with E-state index in [1.165, 1.54) is 0 Å². The molecule has 0 unspecified atom stereocenters. The van der Waals surface area contributed by atoms with Crippen LogP contribution in [0.1, 0.15) is 13.8 Å². The van der Waals surface area contributed by atoms with Gasteiger partial charge >= 0.3 is 0 Å². The summed E-state index contributed by atoms with van der Waals surface area (Å²) in [4.78, 5) is 6.65. The summed E-state index contributed by atoms with van der Waals surface area (Å²) in [5.41, 5.74) is -0.103. The van der Waals surface area contributed by atoms with Crippen LogP contribution in [0.4, 0.5) is 0 Å². The maximum Gasteiger partial charge on any atom is 0.164 e. The molecule has 0 aromatic rings. The van der Waals surface area contributed by atoms with Gasteiger partial charge in [-0.1, -0.05) is 11.8 Å². The van der Waals surface area contributed by atoms with E-state index in [0.29, 0.717) is 0 Å². The SMILES string of the molecule is CN(C)C1=N[C@@H]2[C@H]3OC(C)(C)O[C@@H]3[C@@H](CO)O[C@@H]2S1. The number of aliphatic imine (C=N–C) groups is 1. The van der Waals surface area contributed by atoms with E-state index in [1.54, 1.807) is 11.8 Å². The summed E-state index contributed by atoms with van der Waals surface area (Å²) in [5.74, 6) is -0.651. The predicted octanol–water partition coefficient (Wildman–Crippen LogP) is 0.257. The molecule has 108 valence electrons. The zero-order chi connectivity index (χ0) is 13.8. The van der Waals surface area contributed by atoms with Crippen molar-refractivity contribution in [3.8, 4) is 0 Å². The number of amidine groups is 1. The number of hydrogen-bond donors (Lipinski definition) is 1. The lowest BCUT2D eigenvalue weighted by molar-refractivity contribution is -0.158. The van der Waals surface area contributed by atoms with Crippen LogP contribution < -0.4 is 0 Å². The molecule has 0 spiro atoms. The highest BCUT2D eigenvalue weighted by atomic mass is 32.2. The van der Waals surface area contributed by atoms with Crippen LogP contribution in [0.5, 0.6) is 0 Å². The third kappa shape index (κ3) is 2.27. The first-order chi connectivity index (χ1) is 8.91. The van der Waals surface area contributed by atoms with Crippen LogP contribution in [-0.2, 0) is 14.2 Å². The van der Waals surface area contributed by atoms with E-state index < -0.39 is 5.79 Å². The van der Waals surface area contributed by atoms with Crippen molar-refractivity contribution in [2.45, 2.75) is 49.4 Å². The number of aliphatic hydroxyl groups is 1. The number of ether oxygens (including phenoxy) is 3. The van der Waals surface area contributed by atoms with Crippen molar-refractivity contribution in [2.24, 2.45) is 4.99 Å². The summed E-state index contributed by atoms with van der Waals surface area (Å²) in [6.07, 6.45) is -0.764. The Hall–Kier alpha value is -0.340. The fraction of sp³-hybridized carbons (Fsp3) is 0.917. The Morgan fingerprint density at radius 2 is 2.00 bits per heavy atom. The highest BCUT2D eigenvalue weighted by Gasteiger charge is 2.57. The van der Waals surface area contributed by atoms with Gasteiger partial charge in [-0.05, 0) is 13.8 Å². The second-order valence-electron chi connectivity index (χ2n) is 5.70. The minimum Gasteiger partial charge on any atom is -0.394 e. The van der Waals surface area contributed by atoms with Gasteiger partial charge < -0.3 is 24.2 Å². The number of fused-ring (bicyclic) bond motifs is 3. The highest BCUT2D eigenvalue weighted by Crippen LogP contribution is 2.44. The fourth-order valence-electron chi connectivity index (χ4n) is 2.72. The van der Waals surface area contributed by atoms with E-state index >= 15 is 0 Å². The molecule has 6 nitrogen and oxygen atoms in total. The summed E-state index contributed by atoms with van der Waals surface area (Å²) in [5, 5.41) is 10.4. The number of nitrogens with zero attached hydrogens (tertiary/aromatic N) is 2. The lowest BCUT2D eigenvalue weighted by Crippen LogP contribution is -2.54. The first-order valence-electron chi connectivity index (χ1n) is 6.45. The molecule has 7 heteroatoms. The summed E-state index contributed by atoms with van der Waals surface area (Å²) >= 11 is 1.58. The average molecular weight is 288 g/mol. The van der Waals surface area contributed by atoms with E-state index in [9.17, 15) is 5.11 Å². The third-order valence-corrected chi connectivity index (χ3v) is 4.80. The van der Waals surface area contributed by atoms with Crippen LogP contribution in [0.25, 0.3) is 0 Å². The van der Waals surface area contributed by atoms with Crippen molar-refractivity contribution in [3.05, 3.63) is 0 Å². The lowest BCUT2D eigenvalue weighted by atomic mass is 9.99. The smallest absolute Gasteiger partial charge is 0.164 e. The normalized spacial score (nSPS) is 43.6. The van der Waals surface area contributed by atoms with Crippen molar-refractivity contribution in [1.82, 2.24) is 4.90 Å². The zero-order valence-corrected chi connectivity index (χ0v) is 12.4. The number of rotatable bonds is 1. The minimum atomic E-state index is -0.651. The second-order valence-corrected chi connectivity index (χ2v) is 6.77. The minimum absolute atomic E-state index is 0.0678. The molecule has 0 aromatic heterocycles. The van der Waals surface area contributed by atoms with Crippen molar-refractivity contribution < 1.29 is 19.3 Å². The Labute approximate surface area is 117 Å². The maximum absolute atomic E-state index is 9.49. The summed E-state index contributed by atoms with van der Waals surface area (Å²) in [7, 11) is 3.92. The summed E-state index contributed by atoms with van der Waals surface area (Å²) in [6, 6.07) is -0.0722. The molecule has 3 rings (SSSR count). The van der Waals surface area contributed by atoms with Gasteiger partial charge in [-0.3, -0.25) is 4.99 Å². The van der Waals surface area contributed by atoms with Gasteiger partial charge in [0.25, 0.3) is 0 Å². The predicted molar refractivity (Wildman–Crippen MR) is 72.1 cm³/mol. The highest BCUT2D eigenvalue weighted by molar-refractivity contribution is 8.14. The number of thioether (sulfide) groups is 1. The topological polar surface area (TPSA) is 63.5 Å². The van der Waals surface area contributed by atoms with Crippen LogP contribution in [0.2, 0.25) is 0 Å². The first-order valence-corrected chi connectivity index (χ1v) is 7.33. The van der Waals surface area contributed by atoms with Crippen LogP contribution in [-0.4, -0.2) is 71.5 Å². The average Bonchev–Trinajstić information content (AvgIpc) is 2.87. The quantitative estimate of drug-likeness (QED) is 0.746. The van der Waals surface area contributed by atoms with Crippen LogP contribution in [0.3, 0.4) is 0 Å². The molecule has 0 saturated carbocycles. The van der Waals surface area contributed by atoms with Gasteiger partial charge in [0.15, 0.2) is 11.0 Å². The molecule has 0 aromatic carbocycles. The van der Waals surface area contributed by atoms with E-state index in [1.807, 2.05) is 32.8 Å². The monoisotopic (exact) mass is 288 g/mol. The first kappa shape index (κ1) is 13.6. The Balaban J connectivity index is 1.87. The Morgan fingerprint density at radius 1 is 1.32 bits per heavy atom. The van der Waals surface area contributed by atoms with E-state index in [4.69, 9.17) is 14.2 Å². The molecule has 0 bridgehead atoms. The fourth-order valence-corrected chi connectivity index (χ4v) is 3.87. The number of hydrogen-bond acceptors (Lipinski definition) is 7. The second kappa shape index (κ2) is 4.60. The summed E-state index contributed by atoms with van der Waals surface area (Å²) in [6.45, 7) is 3.70. The van der Waals surface area contributed by atoms with Gasteiger partial charge in [-0.2, -0.15) is 0 Å². The molecular weight excluding hydrogens is 268 g/mol. The molecule has 3 aliphatic rings. The maximum atomic E-state index is 9.49. The Kier molecular flexibility index (Phi) is 3.30. The lowest BCUT2D eigenvalue weighted by Gasteiger charge is -2.36. The van der Waals surface area contributed by atoms with Gasteiger partial charge in [0.1, 0.15) is 29.8 Å². The van der Waals surface area contributed by atoms with Crippen LogP contribution in [0.15, 0.2) is 4.99 Å². The molecule has 3 heterocycles. The Bertz CT molecular complexity index is 401. The van der Waals surface area contributed by atoms with Crippen LogP contribution in [0, 0.1) is 0 Å². The van der Waals surface area contributed by atoms with Crippen molar-refractivity contribution in [2.75, 3.05) is 20.7 Å². The van der Waals surface area contributed by atoms with Crippen LogP contribution >= 0.6 is 11.8 Å². The molecule has 2 saturated heterocycles. The van der Waals surface area contributed by atoms with Gasteiger partial charge in [0.05, 0.1) is 6.61 Å². The van der Waals surface area contributed by atoms with Crippen molar-refractivity contribution in [1.29, 1.82) is 0 Å². The molecular formula is C12H20N2O4S.